The lowest BCUT2D eigenvalue weighted by atomic mass is 9.93. The normalized spacial score (nSPS) is 23.0. The molecule has 2 saturated heterocycles. The summed E-state index contributed by atoms with van der Waals surface area (Å²) in [6.07, 6.45) is 2.99. The molecule has 1 atom stereocenters. The van der Waals surface area contributed by atoms with Gasteiger partial charge in [0.1, 0.15) is 0 Å². The van der Waals surface area contributed by atoms with Crippen LogP contribution >= 0.6 is 24.0 Å². The first kappa shape index (κ1) is 19.0. The molecule has 7 heteroatoms. The first-order valence-electron chi connectivity index (χ1n) is 8.10. The lowest BCUT2D eigenvalue weighted by Gasteiger charge is -2.41. The van der Waals surface area contributed by atoms with Crippen LogP contribution in [0.15, 0.2) is 24.3 Å². The maximum absolute atomic E-state index is 12.9. The molecule has 2 fully saturated rings. The van der Waals surface area contributed by atoms with E-state index in [1.54, 1.807) is 11.0 Å². The zero-order chi connectivity index (χ0) is 16.4. The maximum atomic E-state index is 12.9. The highest BCUT2D eigenvalue weighted by Crippen LogP contribution is 2.31. The Balaban J connectivity index is 0.00000208. The van der Waals surface area contributed by atoms with Crippen LogP contribution in [0.4, 0.5) is 5.69 Å². The Kier molecular flexibility index (Phi) is 6.49. The molecule has 0 radical (unpaired) electrons. The number of hydrogen-bond acceptors (Lipinski definition) is 3. The predicted octanol–water partition coefficient (Wildman–Crippen LogP) is 3.05. The number of amides is 1. The second kappa shape index (κ2) is 8.19. The van der Waals surface area contributed by atoms with Gasteiger partial charge in [-0.15, -0.1) is 12.4 Å². The summed E-state index contributed by atoms with van der Waals surface area (Å²) in [6, 6.07) is 7.26. The van der Waals surface area contributed by atoms with Crippen molar-refractivity contribution in [2.45, 2.75) is 31.7 Å². The Morgan fingerprint density at radius 1 is 1.12 bits per heavy atom. The molecule has 0 saturated carbocycles. The van der Waals surface area contributed by atoms with E-state index in [1.807, 2.05) is 18.2 Å². The number of carbonyl (C=O) groups is 2. The minimum atomic E-state index is -0.725. The smallest absolute Gasteiger partial charge is 0.306 e. The molecule has 1 amide bonds. The van der Waals surface area contributed by atoms with Crippen molar-refractivity contribution in [3.63, 3.8) is 0 Å². The van der Waals surface area contributed by atoms with E-state index in [1.165, 1.54) is 0 Å². The topological polar surface area (TPSA) is 60.9 Å². The van der Waals surface area contributed by atoms with Gasteiger partial charge >= 0.3 is 5.97 Å². The van der Waals surface area contributed by atoms with Crippen molar-refractivity contribution < 1.29 is 14.7 Å². The molecule has 0 aliphatic carbocycles. The van der Waals surface area contributed by atoms with Crippen molar-refractivity contribution in [1.29, 1.82) is 0 Å². The molecule has 2 aliphatic rings. The summed E-state index contributed by atoms with van der Waals surface area (Å²) >= 11 is 6.24. The third-order valence-electron chi connectivity index (χ3n) is 4.87. The molecule has 1 aromatic rings. The molecule has 0 aromatic heterocycles. The fraction of sp³-hybridized carbons (Fsp3) is 0.529. The summed E-state index contributed by atoms with van der Waals surface area (Å²) in [5.41, 5.74) is 0.768. The number of carbonyl (C=O) groups excluding carboxylic acids is 1. The van der Waals surface area contributed by atoms with Gasteiger partial charge < -0.3 is 10.0 Å². The fourth-order valence-corrected chi connectivity index (χ4v) is 3.80. The minimum absolute atomic E-state index is 0. The van der Waals surface area contributed by atoms with E-state index in [2.05, 4.69) is 4.90 Å². The number of para-hydroxylation sites is 1. The summed E-state index contributed by atoms with van der Waals surface area (Å²) in [5.74, 6) is -0.917. The van der Waals surface area contributed by atoms with E-state index in [9.17, 15) is 9.59 Å². The molecule has 1 N–H and O–H groups in total. The number of rotatable bonds is 3. The Hall–Kier alpha value is -1.30. The molecule has 1 unspecified atom stereocenters. The number of aliphatic carboxylic acids is 1. The second-order valence-electron chi connectivity index (χ2n) is 6.25. The highest BCUT2D eigenvalue weighted by Gasteiger charge is 2.37. The van der Waals surface area contributed by atoms with Crippen LogP contribution in [0.25, 0.3) is 0 Å². The number of anilines is 1. The number of carboxylic acid groups (broad SMARTS) is 1. The Morgan fingerprint density at radius 2 is 1.79 bits per heavy atom. The number of halogens is 2. The van der Waals surface area contributed by atoms with Crippen molar-refractivity contribution in [2.75, 3.05) is 24.5 Å². The van der Waals surface area contributed by atoms with Gasteiger partial charge in [0.05, 0.1) is 22.7 Å². The largest absolute Gasteiger partial charge is 0.481 e. The summed E-state index contributed by atoms with van der Waals surface area (Å²) in [5, 5.41) is 9.69. The first-order chi connectivity index (χ1) is 11.1. The SMILES string of the molecule is Cl.O=C(O)C1CCN(C2CCCN(c3ccccc3Cl)C2=O)CC1. The third-order valence-corrected chi connectivity index (χ3v) is 5.19. The Bertz CT molecular complexity index is 603. The average Bonchev–Trinajstić information content (AvgIpc) is 2.56. The highest BCUT2D eigenvalue weighted by molar-refractivity contribution is 6.33. The van der Waals surface area contributed by atoms with Gasteiger partial charge in [0.2, 0.25) is 5.91 Å². The van der Waals surface area contributed by atoms with Crippen LogP contribution < -0.4 is 4.90 Å². The molecule has 2 heterocycles. The van der Waals surface area contributed by atoms with Crippen molar-refractivity contribution in [1.82, 2.24) is 4.90 Å². The number of likely N-dealkylation sites (tertiary alicyclic amines) is 1. The first-order valence-corrected chi connectivity index (χ1v) is 8.48. The molecule has 2 aliphatic heterocycles. The molecule has 5 nitrogen and oxygen atoms in total. The number of carboxylic acids is 1. The number of nitrogens with zero attached hydrogens (tertiary/aromatic N) is 2. The summed E-state index contributed by atoms with van der Waals surface area (Å²) < 4.78 is 0. The highest BCUT2D eigenvalue weighted by atomic mass is 35.5. The second-order valence-corrected chi connectivity index (χ2v) is 6.65. The molecule has 3 rings (SSSR count). The fourth-order valence-electron chi connectivity index (χ4n) is 3.56. The summed E-state index contributed by atoms with van der Waals surface area (Å²) in [6.45, 7) is 2.03. The Labute approximate surface area is 153 Å². The van der Waals surface area contributed by atoms with Crippen molar-refractivity contribution in [3.05, 3.63) is 29.3 Å². The quantitative estimate of drug-likeness (QED) is 0.885. The van der Waals surface area contributed by atoms with Crippen LogP contribution in [0.5, 0.6) is 0 Å². The lowest BCUT2D eigenvalue weighted by molar-refractivity contribution is -0.143. The van der Waals surface area contributed by atoms with Crippen LogP contribution in [0.2, 0.25) is 5.02 Å². The number of benzene rings is 1. The zero-order valence-electron chi connectivity index (χ0n) is 13.4. The van der Waals surface area contributed by atoms with Crippen LogP contribution in [0, 0.1) is 5.92 Å². The van der Waals surface area contributed by atoms with E-state index >= 15 is 0 Å². The number of hydrogen-bond donors (Lipinski definition) is 1. The summed E-state index contributed by atoms with van der Waals surface area (Å²) in [7, 11) is 0. The van der Waals surface area contributed by atoms with Crippen LogP contribution in [0.1, 0.15) is 25.7 Å². The van der Waals surface area contributed by atoms with Gasteiger partial charge in [-0.2, -0.15) is 0 Å². The van der Waals surface area contributed by atoms with Gasteiger partial charge in [-0.1, -0.05) is 23.7 Å². The molecule has 0 spiro atoms. The van der Waals surface area contributed by atoms with Gasteiger partial charge in [0.15, 0.2) is 0 Å². The monoisotopic (exact) mass is 372 g/mol. The van der Waals surface area contributed by atoms with Crippen molar-refractivity contribution >= 4 is 41.6 Å². The van der Waals surface area contributed by atoms with E-state index in [0.717, 1.165) is 18.5 Å². The maximum Gasteiger partial charge on any atom is 0.306 e. The lowest BCUT2D eigenvalue weighted by Crippen LogP contribution is -2.54. The van der Waals surface area contributed by atoms with E-state index in [-0.39, 0.29) is 30.3 Å². The van der Waals surface area contributed by atoms with Crippen molar-refractivity contribution in [2.24, 2.45) is 5.92 Å². The van der Waals surface area contributed by atoms with E-state index < -0.39 is 5.97 Å². The molecular weight excluding hydrogens is 351 g/mol. The van der Waals surface area contributed by atoms with Gasteiger partial charge in [-0.25, -0.2) is 0 Å². The van der Waals surface area contributed by atoms with Crippen molar-refractivity contribution in [3.8, 4) is 0 Å². The molecule has 132 valence electrons. The van der Waals surface area contributed by atoms with Gasteiger partial charge in [0, 0.05) is 6.54 Å². The zero-order valence-corrected chi connectivity index (χ0v) is 14.9. The average molecular weight is 373 g/mol. The minimum Gasteiger partial charge on any atom is -0.481 e. The number of piperidine rings is 2. The molecule has 1 aromatic carbocycles. The van der Waals surface area contributed by atoms with E-state index in [0.29, 0.717) is 37.5 Å². The predicted molar refractivity (Wildman–Crippen MR) is 96.0 cm³/mol. The summed E-state index contributed by atoms with van der Waals surface area (Å²) in [4.78, 5) is 27.9. The Morgan fingerprint density at radius 3 is 2.42 bits per heavy atom. The van der Waals surface area contributed by atoms with Gasteiger partial charge in [0.25, 0.3) is 0 Å². The van der Waals surface area contributed by atoms with E-state index in [4.69, 9.17) is 16.7 Å². The van der Waals surface area contributed by atoms with Crippen LogP contribution in [0.3, 0.4) is 0 Å². The molecule has 24 heavy (non-hydrogen) atoms. The standard InChI is InChI=1S/C17H21ClN2O3.ClH/c18-13-4-1-2-5-14(13)20-9-3-6-15(16(20)21)19-10-7-12(8-11-19)17(22)23;/h1-2,4-5,12,15H,3,6-11H2,(H,22,23);1H. The molecule has 0 bridgehead atoms. The van der Waals surface area contributed by atoms with Crippen LogP contribution in [-0.4, -0.2) is 47.6 Å². The van der Waals surface area contributed by atoms with Gasteiger partial charge in [-0.05, 0) is 50.9 Å². The van der Waals surface area contributed by atoms with Crippen LogP contribution in [-0.2, 0) is 9.59 Å². The molecular formula is C17H22Cl2N2O3. The third kappa shape index (κ3) is 3.85. The van der Waals surface area contributed by atoms with Gasteiger partial charge in [-0.3, -0.25) is 14.5 Å².